The van der Waals surface area contributed by atoms with Crippen molar-refractivity contribution in [3.8, 4) is 11.5 Å². The molecule has 0 spiro atoms. The summed E-state index contributed by atoms with van der Waals surface area (Å²) >= 11 is 0. The fraction of sp³-hybridized carbons (Fsp3) is 0.400. The van der Waals surface area contributed by atoms with Crippen molar-refractivity contribution in [2.45, 2.75) is 26.4 Å². The molecule has 1 N–H and O–H groups in total. The summed E-state index contributed by atoms with van der Waals surface area (Å²) in [6.07, 6.45) is 4.61. The quantitative estimate of drug-likeness (QED) is 0.689. The second kappa shape index (κ2) is 10.0. The fourth-order valence-electron chi connectivity index (χ4n) is 3.62. The molecule has 9 nitrogen and oxygen atoms in total. The lowest BCUT2D eigenvalue weighted by molar-refractivity contribution is -0.111. The van der Waals surface area contributed by atoms with Gasteiger partial charge in [-0.3, -0.25) is 4.79 Å². The number of nitrogens with zero attached hydrogens (tertiary/aromatic N) is 3. The molecular weight excluding hydrogens is 436 g/mol. The van der Waals surface area contributed by atoms with E-state index in [1.165, 1.54) is 6.08 Å². The first-order valence-electron chi connectivity index (χ1n) is 11.3. The van der Waals surface area contributed by atoms with Gasteiger partial charge in [0, 0.05) is 32.3 Å². The molecule has 1 fully saturated rings. The average Bonchev–Trinajstić information content (AvgIpc) is 2.82. The standard InChI is InChI=1S/C25H30N4O5/c1-25(2,3)34-24(31)29-12-10-28(11-13-29)19-6-8-22(26-17-19)27-23(30)9-5-18-4-7-20-21(16-18)33-15-14-32-20/h4-9,16-17H,10-15H2,1-3H3,(H,26,27,30)/b9-5+. The van der Waals surface area contributed by atoms with Crippen molar-refractivity contribution in [3.05, 3.63) is 48.2 Å². The highest BCUT2D eigenvalue weighted by atomic mass is 16.6. The molecule has 0 aliphatic carbocycles. The number of carbonyl (C=O) groups excluding carboxylic acids is 2. The van der Waals surface area contributed by atoms with Crippen LogP contribution in [0.1, 0.15) is 26.3 Å². The summed E-state index contributed by atoms with van der Waals surface area (Å²) in [5.41, 5.74) is 1.28. The van der Waals surface area contributed by atoms with E-state index in [1.807, 2.05) is 45.0 Å². The molecule has 0 unspecified atom stereocenters. The molecule has 0 atom stereocenters. The zero-order valence-corrected chi connectivity index (χ0v) is 19.7. The number of fused-ring (bicyclic) bond motifs is 1. The minimum absolute atomic E-state index is 0.277. The van der Waals surface area contributed by atoms with Crippen molar-refractivity contribution in [2.75, 3.05) is 49.6 Å². The summed E-state index contributed by atoms with van der Waals surface area (Å²) in [7, 11) is 0. The van der Waals surface area contributed by atoms with Crippen molar-refractivity contribution in [1.82, 2.24) is 9.88 Å². The van der Waals surface area contributed by atoms with Crippen molar-refractivity contribution >= 4 is 29.6 Å². The van der Waals surface area contributed by atoms with Crippen LogP contribution in [0.25, 0.3) is 6.08 Å². The molecule has 0 bridgehead atoms. The Morgan fingerprint density at radius 3 is 2.44 bits per heavy atom. The highest BCUT2D eigenvalue weighted by molar-refractivity contribution is 6.01. The van der Waals surface area contributed by atoms with E-state index in [4.69, 9.17) is 14.2 Å². The lowest BCUT2D eigenvalue weighted by atomic mass is 10.2. The number of amides is 2. The molecule has 2 aliphatic heterocycles. The van der Waals surface area contributed by atoms with Crippen molar-refractivity contribution in [2.24, 2.45) is 0 Å². The van der Waals surface area contributed by atoms with Crippen LogP contribution >= 0.6 is 0 Å². The van der Waals surface area contributed by atoms with E-state index in [9.17, 15) is 9.59 Å². The normalized spacial score (nSPS) is 15.9. The molecule has 9 heteroatoms. The summed E-state index contributed by atoms with van der Waals surface area (Å²) in [5.74, 6) is 1.58. The van der Waals surface area contributed by atoms with Gasteiger partial charge in [0.1, 0.15) is 24.6 Å². The van der Waals surface area contributed by atoms with Crippen LogP contribution in [0.4, 0.5) is 16.3 Å². The molecule has 0 saturated carbocycles. The van der Waals surface area contributed by atoms with Crippen molar-refractivity contribution < 1.29 is 23.8 Å². The van der Waals surface area contributed by atoms with Gasteiger partial charge in [0.25, 0.3) is 0 Å². The Bertz CT molecular complexity index is 1050. The molecule has 3 heterocycles. The minimum Gasteiger partial charge on any atom is -0.486 e. The van der Waals surface area contributed by atoms with Gasteiger partial charge in [0.05, 0.1) is 11.9 Å². The topological polar surface area (TPSA) is 93.2 Å². The Morgan fingerprint density at radius 2 is 1.76 bits per heavy atom. The third-order valence-corrected chi connectivity index (χ3v) is 5.29. The van der Waals surface area contributed by atoms with E-state index in [0.717, 1.165) is 11.3 Å². The van der Waals surface area contributed by atoms with Crippen LogP contribution in [0.5, 0.6) is 11.5 Å². The number of piperazine rings is 1. The summed E-state index contributed by atoms with van der Waals surface area (Å²) < 4.78 is 16.5. The van der Waals surface area contributed by atoms with Crippen LogP contribution in [0.3, 0.4) is 0 Å². The lowest BCUT2D eigenvalue weighted by Crippen LogP contribution is -2.50. The van der Waals surface area contributed by atoms with Crippen LogP contribution in [0.15, 0.2) is 42.6 Å². The van der Waals surface area contributed by atoms with E-state index in [1.54, 1.807) is 23.2 Å². The first-order chi connectivity index (χ1) is 16.3. The third-order valence-electron chi connectivity index (χ3n) is 5.29. The highest BCUT2D eigenvalue weighted by Crippen LogP contribution is 2.31. The number of anilines is 2. The summed E-state index contributed by atoms with van der Waals surface area (Å²) in [6, 6.07) is 9.22. The molecule has 1 aromatic carbocycles. The molecule has 180 valence electrons. The number of ether oxygens (including phenoxy) is 3. The largest absolute Gasteiger partial charge is 0.486 e. The van der Waals surface area contributed by atoms with E-state index in [2.05, 4.69) is 15.2 Å². The maximum Gasteiger partial charge on any atom is 0.410 e. The predicted octanol–water partition coefficient (Wildman–Crippen LogP) is 3.56. The molecule has 2 aromatic rings. The Morgan fingerprint density at radius 1 is 1.03 bits per heavy atom. The van der Waals surface area contributed by atoms with Gasteiger partial charge < -0.3 is 29.3 Å². The van der Waals surface area contributed by atoms with Crippen LogP contribution in [-0.4, -0.2) is 66.9 Å². The van der Waals surface area contributed by atoms with Gasteiger partial charge >= 0.3 is 6.09 Å². The van der Waals surface area contributed by atoms with Gasteiger partial charge in [-0.2, -0.15) is 0 Å². The molecule has 1 aromatic heterocycles. The molecule has 4 rings (SSSR count). The van der Waals surface area contributed by atoms with Gasteiger partial charge in [-0.05, 0) is 56.7 Å². The number of hydrogen-bond acceptors (Lipinski definition) is 7. The van der Waals surface area contributed by atoms with Gasteiger partial charge in [-0.25, -0.2) is 9.78 Å². The van der Waals surface area contributed by atoms with E-state index >= 15 is 0 Å². The van der Waals surface area contributed by atoms with E-state index in [0.29, 0.717) is 56.7 Å². The predicted molar refractivity (Wildman–Crippen MR) is 129 cm³/mol. The smallest absolute Gasteiger partial charge is 0.410 e. The molecule has 2 amide bonds. The van der Waals surface area contributed by atoms with Crippen LogP contribution in [0.2, 0.25) is 0 Å². The second-order valence-electron chi connectivity index (χ2n) is 9.08. The lowest BCUT2D eigenvalue weighted by Gasteiger charge is -2.36. The number of aromatic nitrogens is 1. The Hall–Kier alpha value is -3.75. The van der Waals surface area contributed by atoms with Gasteiger partial charge in [-0.15, -0.1) is 0 Å². The number of hydrogen-bond donors (Lipinski definition) is 1. The van der Waals surface area contributed by atoms with Crippen molar-refractivity contribution in [1.29, 1.82) is 0 Å². The maximum atomic E-state index is 12.3. The Kier molecular flexibility index (Phi) is 6.90. The summed E-state index contributed by atoms with van der Waals surface area (Å²) in [4.78, 5) is 32.8. The number of nitrogens with one attached hydrogen (secondary N) is 1. The van der Waals surface area contributed by atoms with Crippen LogP contribution in [-0.2, 0) is 9.53 Å². The van der Waals surface area contributed by atoms with Gasteiger partial charge in [0.2, 0.25) is 5.91 Å². The SMILES string of the molecule is CC(C)(C)OC(=O)N1CCN(c2ccc(NC(=O)/C=C/c3ccc4c(c3)OCCO4)nc2)CC1. The molecule has 0 radical (unpaired) electrons. The monoisotopic (exact) mass is 466 g/mol. The number of benzene rings is 1. The Labute approximate surface area is 199 Å². The average molecular weight is 467 g/mol. The Balaban J connectivity index is 1.27. The molecule has 1 saturated heterocycles. The molecule has 34 heavy (non-hydrogen) atoms. The number of carbonyl (C=O) groups is 2. The van der Waals surface area contributed by atoms with E-state index in [-0.39, 0.29) is 12.0 Å². The molecule has 2 aliphatic rings. The first kappa shape index (κ1) is 23.4. The fourth-order valence-corrected chi connectivity index (χ4v) is 3.62. The first-order valence-corrected chi connectivity index (χ1v) is 11.3. The maximum absolute atomic E-state index is 12.3. The number of rotatable bonds is 4. The zero-order valence-electron chi connectivity index (χ0n) is 19.7. The highest BCUT2D eigenvalue weighted by Gasteiger charge is 2.26. The van der Waals surface area contributed by atoms with E-state index < -0.39 is 5.60 Å². The molecular formula is C25H30N4O5. The van der Waals surface area contributed by atoms with Crippen LogP contribution in [0, 0.1) is 0 Å². The number of pyridine rings is 1. The van der Waals surface area contributed by atoms with Crippen LogP contribution < -0.4 is 19.7 Å². The summed E-state index contributed by atoms with van der Waals surface area (Å²) in [5, 5.41) is 2.77. The minimum atomic E-state index is -0.502. The van der Waals surface area contributed by atoms with Crippen molar-refractivity contribution in [3.63, 3.8) is 0 Å². The summed E-state index contributed by atoms with van der Waals surface area (Å²) in [6.45, 7) is 9.18. The van der Waals surface area contributed by atoms with Gasteiger partial charge in [-0.1, -0.05) is 6.07 Å². The zero-order chi connectivity index (χ0) is 24.1. The second-order valence-corrected chi connectivity index (χ2v) is 9.08. The van der Waals surface area contributed by atoms with Gasteiger partial charge in [0.15, 0.2) is 11.5 Å². The third kappa shape index (κ3) is 6.18.